The Labute approximate surface area is 191 Å². The maximum absolute atomic E-state index is 12.8. The monoisotopic (exact) mass is 490 g/mol. The van der Waals surface area contributed by atoms with E-state index in [1.807, 2.05) is 6.92 Å². The molecule has 2 amide bonds. The number of thioether (sulfide) groups is 1. The van der Waals surface area contributed by atoms with Crippen molar-refractivity contribution in [3.8, 4) is 0 Å². The molecule has 2 heterocycles. The lowest BCUT2D eigenvalue weighted by molar-refractivity contribution is 0.0926. The van der Waals surface area contributed by atoms with Crippen LogP contribution in [0.15, 0.2) is 4.34 Å². The van der Waals surface area contributed by atoms with Crippen LogP contribution in [0.4, 0.5) is 14.7 Å². The highest BCUT2D eigenvalue weighted by atomic mass is 32.2. The van der Waals surface area contributed by atoms with Gasteiger partial charge in [0.05, 0.1) is 5.75 Å². The van der Waals surface area contributed by atoms with Gasteiger partial charge in [-0.1, -0.05) is 50.4 Å². The number of hydrogen-bond donors (Lipinski definition) is 0. The Morgan fingerprint density at radius 3 is 2.58 bits per heavy atom. The van der Waals surface area contributed by atoms with Crippen molar-refractivity contribution in [2.24, 2.45) is 0 Å². The second-order valence-electron chi connectivity index (χ2n) is 7.94. The summed E-state index contributed by atoms with van der Waals surface area (Å²) in [5.74, 6) is -0.0115. The SMILES string of the molecule is CCCCS(=O)(=O)c1nnc(N2C(=O)N(C)CCC2OC(=O)SC2CCCCCC2)s1. The minimum atomic E-state index is -3.55. The minimum absolute atomic E-state index is 0.0115. The van der Waals surface area contributed by atoms with E-state index in [0.717, 1.165) is 43.4 Å². The Bertz CT molecular complexity index is 868. The van der Waals surface area contributed by atoms with Gasteiger partial charge in [-0.15, -0.1) is 10.2 Å². The number of unbranched alkanes of at least 4 members (excludes halogenated alkanes) is 1. The highest BCUT2D eigenvalue weighted by Crippen LogP contribution is 2.33. The first-order valence-corrected chi connectivity index (χ1v) is 14.1. The summed E-state index contributed by atoms with van der Waals surface area (Å²) >= 11 is 2.05. The molecule has 1 unspecified atom stereocenters. The Morgan fingerprint density at radius 1 is 1.19 bits per heavy atom. The first kappa shape index (κ1) is 24.2. The highest BCUT2D eigenvalue weighted by Gasteiger charge is 2.38. The van der Waals surface area contributed by atoms with E-state index in [0.29, 0.717) is 19.4 Å². The molecule has 0 N–H and O–H groups in total. The number of carbonyl (C=O) groups is 2. The number of nitrogens with zero attached hydrogens (tertiary/aromatic N) is 4. The third kappa shape index (κ3) is 6.32. The zero-order valence-corrected chi connectivity index (χ0v) is 20.4. The average molecular weight is 491 g/mol. The normalized spacial score (nSPS) is 21.2. The van der Waals surface area contributed by atoms with Crippen molar-refractivity contribution < 1.29 is 22.7 Å². The molecule has 0 spiro atoms. The van der Waals surface area contributed by atoms with Gasteiger partial charge in [0.25, 0.3) is 0 Å². The van der Waals surface area contributed by atoms with Crippen LogP contribution in [0, 0.1) is 0 Å². The molecule has 2 aliphatic rings. The standard InChI is InChI=1S/C19H30N4O5S3/c1-3-4-13-31(26,27)17-21-20-16(30-17)23-15(11-12-22(2)18(23)24)28-19(25)29-14-9-7-5-6-8-10-14/h14-15H,3-13H2,1-2H3. The maximum atomic E-state index is 12.8. The Morgan fingerprint density at radius 2 is 1.90 bits per heavy atom. The quantitative estimate of drug-likeness (QED) is 0.316. The van der Waals surface area contributed by atoms with Gasteiger partial charge in [0.2, 0.25) is 19.3 Å². The van der Waals surface area contributed by atoms with Crippen LogP contribution in [0.3, 0.4) is 0 Å². The smallest absolute Gasteiger partial charge is 0.369 e. The minimum Gasteiger partial charge on any atom is -0.433 e. The number of urea groups is 1. The number of sulfone groups is 1. The summed E-state index contributed by atoms with van der Waals surface area (Å²) in [6.45, 7) is 2.34. The van der Waals surface area contributed by atoms with E-state index in [4.69, 9.17) is 4.74 Å². The van der Waals surface area contributed by atoms with Gasteiger partial charge in [-0.05, 0) is 31.0 Å². The van der Waals surface area contributed by atoms with Gasteiger partial charge in [-0.2, -0.15) is 0 Å². The molecular weight excluding hydrogens is 460 g/mol. The Kier molecular flexibility index (Phi) is 8.57. The largest absolute Gasteiger partial charge is 0.433 e. The predicted molar refractivity (Wildman–Crippen MR) is 121 cm³/mol. The molecule has 1 aromatic heterocycles. The molecule has 174 valence electrons. The second kappa shape index (κ2) is 11.0. The summed E-state index contributed by atoms with van der Waals surface area (Å²) in [5.41, 5.74) is 0. The van der Waals surface area contributed by atoms with E-state index in [1.54, 1.807) is 7.05 Å². The van der Waals surface area contributed by atoms with Crippen molar-refractivity contribution >= 4 is 49.4 Å². The van der Waals surface area contributed by atoms with Gasteiger partial charge >= 0.3 is 11.3 Å². The molecule has 0 radical (unpaired) electrons. The van der Waals surface area contributed by atoms with Crippen LogP contribution < -0.4 is 4.90 Å². The molecule has 1 aliphatic carbocycles. The van der Waals surface area contributed by atoms with Crippen LogP contribution in [0.25, 0.3) is 0 Å². The van der Waals surface area contributed by atoms with Crippen LogP contribution in [0.2, 0.25) is 0 Å². The number of anilines is 1. The highest BCUT2D eigenvalue weighted by molar-refractivity contribution is 8.13. The molecule has 2 fully saturated rings. The second-order valence-corrected chi connectivity index (χ2v) is 12.4. The fourth-order valence-electron chi connectivity index (χ4n) is 3.63. The maximum Gasteiger partial charge on any atom is 0.369 e. The van der Waals surface area contributed by atoms with Gasteiger partial charge in [-0.3, -0.25) is 0 Å². The first-order valence-electron chi connectivity index (χ1n) is 10.8. The summed E-state index contributed by atoms with van der Waals surface area (Å²) in [7, 11) is -1.91. The van der Waals surface area contributed by atoms with Crippen molar-refractivity contribution in [1.29, 1.82) is 0 Å². The molecular formula is C19H30N4O5S3. The van der Waals surface area contributed by atoms with Crippen LogP contribution in [0.1, 0.15) is 64.7 Å². The lowest BCUT2D eigenvalue weighted by atomic mass is 10.2. The van der Waals surface area contributed by atoms with E-state index in [2.05, 4.69) is 10.2 Å². The Hall–Kier alpha value is -1.40. The summed E-state index contributed by atoms with van der Waals surface area (Å²) in [6, 6.07) is -0.392. The van der Waals surface area contributed by atoms with Crippen LogP contribution in [0.5, 0.6) is 0 Å². The summed E-state index contributed by atoms with van der Waals surface area (Å²) < 4.78 is 30.5. The third-order valence-electron chi connectivity index (χ3n) is 5.46. The van der Waals surface area contributed by atoms with Gasteiger partial charge in [0.15, 0.2) is 6.23 Å². The number of hydrogen-bond acceptors (Lipinski definition) is 9. The van der Waals surface area contributed by atoms with E-state index in [1.165, 1.54) is 34.4 Å². The predicted octanol–water partition coefficient (Wildman–Crippen LogP) is 4.29. The van der Waals surface area contributed by atoms with Crippen molar-refractivity contribution in [2.45, 2.75) is 80.5 Å². The van der Waals surface area contributed by atoms with E-state index in [-0.39, 0.29) is 20.5 Å². The summed E-state index contributed by atoms with van der Waals surface area (Å²) in [4.78, 5) is 28.2. The Balaban J connectivity index is 1.73. The van der Waals surface area contributed by atoms with Gasteiger partial charge in [-0.25, -0.2) is 22.9 Å². The number of carbonyl (C=O) groups excluding carboxylic acids is 2. The van der Waals surface area contributed by atoms with E-state index >= 15 is 0 Å². The average Bonchev–Trinajstić information content (AvgIpc) is 3.09. The van der Waals surface area contributed by atoms with Crippen molar-refractivity contribution in [1.82, 2.24) is 15.1 Å². The third-order valence-corrected chi connectivity index (χ3v) is 9.73. The summed E-state index contributed by atoms with van der Waals surface area (Å²) in [5, 5.41) is 7.73. The molecule has 31 heavy (non-hydrogen) atoms. The molecule has 0 bridgehead atoms. The van der Waals surface area contributed by atoms with Gasteiger partial charge < -0.3 is 9.64 Å². The van der Waals surface area contributed by atoms with Crippen molar-refractivity contribution in [2.75, 3.05) is 24.2 Å². The molecule has 1 saturated heterocycles. The van der Waals surface area contributed by atoms with Gasteiger partial charge in [0.1, 0.15) is 0 Å². The molecule has 12 heteroatoms. The molecule has 1 aliphatic heterocycles. The zero-order chi connectivity index (χ0) is 22.4. The fraction of sp³-hybridized carbons (Fsp3) is 0.789. The van der Waals surface area contributed by atoms with E-state index in [9.17, 15) is 18.0 Å². The molecule has 9 nitrogen and oxygen atoms in total. The molecule has 0 aromatic carbocycles. The van der Waals surface area contributed by atoms with Gasteiger partial charge in [0, 0.05) is 25.3 Å². The number of rotatable bonds is 7. The van der Waals surface area contributed by atoms with Crippen LogP contribution in [-0.4, -0.2) is 65.7 Å². The molecule has 3 rings (SSSR count). The lowest BCUT2D eigenvalue weighted by Gasteiger charge is -2.37. The van der Waals surface area contributed by atoms with Crippen LogP contribution in [-0.2, 0) is 14.6 Å². The van der Waals surface area contributed by atoms with Crippen molar-refractivity contribution in [3.63, 3.8) is 0 Å². The molecule has 1 atom stereocenters. The summed E-state index contributed by atoms with van der Waals surface area (Å²) in [6.07, 6.45) is 7.47. The number of aromatic nitrogens is 2. The topological polar surface area (TPSA) is 110 Å². The fourth-order valence-corrected chi connectivity index (χ4v) is 7.25. The molecule has 1 aromatic rings. The number of ether oxygens (including phenoxy) is 1. The molecule has 1 saturated carbocycles. The van der Waals surface area contributed by atoms with Crippen molar-refractivity contribution in [3.05, 3.63) is 0 Å². The lowest BCUT2D eigenvalue weighted by Crippen LogP contribution is -2.54. The van der Waals surface area contributed by atoms with E-state index < -0.39 is 27.4 Å². The first-order chi connectivity index (χ1) is 14.8. The zero-order valence-electron chi connectivity index (χ0n) is 18.0. The number of amides is 2. The van der Waals surface area contributed by atoms with Crippen LogP contribution >= 0.6 is 23.1 Å².